The zero-order valence-electron chi connectivity index (χ0n) is 14.3. The number of nitrogens with zero attached hydrogens (tertiary/aromatic N) is 2. The van der Waals surface area contributed by atoms with E-state index in [0.29, 0.717) is 24.5 Å². The van der Waals surface area contributed by atoms with E-state index in [4.69, 9.17) is 11.6 Å². The first-order valence-electron chi connectivity index (χ1n) is 8.30. The Hall–Kier alpha value is -0.370. The number of aromatic nitrogens is 1. The van der Waals surface area contributed by atoms with E-state index in [0.717, 1.165) is 32.8 Å². The zero-order chi connectivity index (χ0) is 16.7. The molecule has 4 nitrogen and oxygen atoms in total. The summed E-state index contributed by atoms with van der Waals surface area (Å²) in [7, 11) is 1.95. The second-order valence-corrected chi connectivity index (χ2v) is 9.27. The Morgan fingerprint density at radius 1 is 1.31 bits per heavy atom. The molecule has 0 saturated carbocycles. The average molecular weight is 455 g/mol. The summed E-state index contributed by atoms with van der Waals surface area (Å²) in [5, 5.41) is 6.56. The number of hydrogen-bond donors (Lipinski definition) is 1. The Balaban J connectivity index is 0.00000121. The molecule has 0 aliphatic carbocycles. The van der Waals surface area contributed by atoms with Gasteiger partial charge >= 0.3 is 0 Å². The van der Waals surface area contributed by atoms with E-state index in [1.54, 1.807) is 11.3 Å². The molecule has 1 amide bonds. The first kappa shape index (κ1) is 21.9. The lowest BCUT2D eigenvalue weighted by atomic mass is 9.98. The van der Waals surface area contributed by atoms with Gasteiger partial charge in [-0.15, -0.1) is 47.5 Å². The quantitative estimate of drug-likeness (QED) is 0.731. The van der Waals surface area contributed by atoms with Crippen molar-refractivity contribution in [1.29, 1.82) is 0 Å². The normalized spacial score (nSPS) is 23.8. The van der Waals surface area contributed by atoms with Crippen molar-refractivity contribution < 1.29 is 4.79 Å². The lowest BCUT2D eigenvalue weighted by molar-refractivity contribution is -0.132. The van der Waals surface area contributed by atoms with Crippen LogP contribution in [0.3, 0.4) is 0 Å². The van der Waals surface area contributed by atoms with Gasteiger partial charge in [0.15, 0.2) is 0 Å². The van der Waals surface area contributed by atoms with Crippen molar-refractivity contribution in [2.45, 2.75) is 50.2 Å². The van der Waals surface area contributed by atoms with Crippen molar-refractivity contribution in [3.8, 4) is 9.88 Å². The van der Waals surface area contributed by atoms with Gasteiger partial charge in [0.1, 0.15) is 5.01 Å². The molecule has 2 saturated heterocycles. The summed E-state index contributed by atoms with van der Waals surface area (Å²) in [6.45, 7) is 0. The van der Waals surface area contributed by atoms with Crippen LogP contribution in [-0.2, 0) is 11.2 Å². The number of nitrogens with one attached hydrogen (secondary N) is 1. The molecule has 26 heavy (non-hydrogen) atoms. The predicted molar refractivity (Wildman–Crippen MR) is 114 cm³/mol. The van der Waals surface area contributed by atoms with Gasteiger partial charge in [-0.1, -0.05) is 11.6 Å². The highest BCUT2D eigenvalue weighted by Gasteiger charge is 2.36. The lowest BCUT2D eigenvalue weighted by Crippen LogP contribution is -2.49. The SMILES string of the molecule is CN(C(=O)Cc1csc(-c2ccc(Cl)s2)n1)C1CC2CCC(C1)N2.Cl.Cl. The minimum absolute atomic E-state index is 0. The Labute approximate surface area is 179 Å². The van der Waals surface area contributed by atoms with Crippen molar-refractivity contribution in [3.63, 3.8) is 0 Å². The number of fused-ring (bicyclic) bond motifs is 2. The first-order chi connectivity index (χ1) is 11.6. The van der Waals surface area contributed by atoms with E-state index in [2.05, 4.69) is 10.3 Å². The third kappa shape index (κ3) is 4.72. The maximum absolute atomic E-state index is 12.6. The van der Waals surface area contributed by atoms with Crippen molar-refractivity contribution in [3.05, 3.63) is 27.5 Å². The summed E-state index contributed by atoms with van der Waals surface area (Å²) in [4.78, 5) is 20.3. The highest BCUT2D eigenvalue weighted by atomic mass is 35.5. The summed E-state index contributed by atoms with van der Waals surface area (Å²) < 4.78 is 0.762. The van der Waals surface area contributed by atoms with Crippen LogP contribution < -0.4 is 5.32 Å². The molecule has 4 rings (SSSR count). The molecule has 2 aliphatic rings. The number of carbonyl (C=O) groups is 1. The van der Waals surface area contributed by atoms with Crippen LogP contribution in [0, 0.1) is 0 Å². The van der Waals surface area contributed by atoms with Gasteiger partial charge in [-0.2, -0.15) is 0 Å². The van der Waals surface area contributed by atoms with Gasteiger partial charge in [0.25, 0.3) is 0 Å². The maximum Gasteiger partial charge on any atom is 0.228 e. The minimum Gasteiger partial charge on any atom is -0.342 e. The molecule has 0 radical (unpaired) electrons. The molecular formula is C17H22Cl3N3OS2. The van der Waals surface area contributed by atoms with Gasteiger partial charge in [0.05, 0.1) is 21.3 Å². The van der Waals surface area contributed by atoms with Crippen LogP contribution in [0.5, 0.6) is 0 Å². The van der Waals surface area contributed by atoms with Crippen LogP contribution in [0.15, 0.2) is 17.5 Å². The highest BCUT2D eigenvalue weighted by molar-refractivity contribution is 7.23. The summed E-state index contributed by atoms with van der Waals surface area (Å²) in [5.74, 6) is 0.169. The molecule has 2 aromatic heterocycles. The molecule has 2 aromatic rings. The zero-order valence-corrected chi connectivity index (χ0v) is 18.3. The van der Waals surface area contributed by atoms with Crippen molar-refractivity contribution in [2.75, 3.05) is 7.05 Å². The van der Waals surface area contributed by atoms with Crippen LogP contribution in [0.2, 0.25) is 4.34 Å². The Bertz CT molecular complexity index is 739. The number of carbonyl (C=O) groups excluding carboxylic acids is 1. The van der Waals surface area contributed by atoms with E-state index in [1.807, 2.05) is 29.5 Å². The highest BCUT2D eigenvalue weighted by Crippen LogP contribution is 2.33. The number of amides is 1. The predicted octanol–water partition coefficient (Wildman–Crippen LogP) is 4.65. The van der Waals surface area contributed by atoms with E-state index in [9.17, 15) is 4.79 Å². The van der Waals surface area contributed by atoms with Crippen molar-refractivity contribution in [1.82, 2.24) is 15.2 Å². The molecule has 4 heterocycles. The standard InChI is InChI=1S/C17H20ClN3OS2.2ClH/c1-21(13-6-10-2-3-11(7-13)19-10)16(22)8-12-9-23-17(20-12)14-4-5-15(18)24-14;;/h4-5,9-11,13,19H,2-3,6-8H2,1H3;2*1H. The van der Waals surface area contributed by atoms with Crippen LogP contribution >= 0.6 is 59.1 Å². The van der Waals surface area contributed by atoms with Gasteiger partial charge in [0.2, 0.25) is 5.91 Å². The fraction of sp³-hybridized carbons (Fsp3) is 0.529. The number of halogens is 3. The van der Waals surface area contributed by atoms with Crippen LogP contribution in [0.1, 0.15) is 31.4 Å². The molecule has 2 aliphatic heterocycles. The smallest absolute Gasteiger partial charge is 0.228 e. The third-order valence-electron chi connectivity index (χ3n) is 5.06. The van der Waals surface area contributed by atoms with Crippen LogP contribution in [-0.4, -0.2) is 41.0 Å². The Kier molecular flexibility index (Phi) is 7.77. The largest absolute Gasteiger partial charge is 0.342 e. The number of hydrogen-bond acceptors (Lipinski definition) is 5. The second-order valence-electron chi connectivity index (χ2n) is 6.69. The molecule has 2 unspecified atom stereocenters. The van der Waals surface area contributed by atoms with Crippen molar-refractivity contribution in [2.24, 2.45) is 0 Å². The fourth-order valence-electron chi connectivity index (χ4n) is 3.76. The summed E-state index contributed by atoms with van der Waals surface area (Å²) >= 11 is 9.08. The minimum atomic E-state index is 0. The average Bonchev–Trinajstić information content (AvgIpc) is 3.27. The molecule has 9 heteroatoms. The number of thiophene rings is 1. The number of rotatable bonds is 4. The van der Waals surface area contributed by atoms with E-state index < -0.39 is 0 Å². The maximum atomic E-state index is 12.6. The first-order valence-corrected chi connectivity index (χ1v) is 10.4. The Morgan fingerprint density at radius 3 is 2.62 bits per heavy atom. The summed E-state index contributed by atoms with van der Waals surface area (Å²) in [6.07, 6.45) is 5.04. The fourth-order valence-corrected chi connectivity index (χ4v) is 5.69. The lowest BCUT2D eigenvalue weighted by Gasteiger charge is -2.35. The second kappa shape index (κ2) is 9.22. The van der Waals surface area contributed by atoms with Gasteiger partial charge in [-0.3, -0.25) is 4.79 Å². The van der Waals surface area contributed by atoms with Gasteiger partial charge in [-0.05, 0) is 37.8 Å². The third-order valence-corrected chi connectivity index (χ3v) is 7.35. The van der Waals surface area contributed by atoms with E-state index >= 15 is 0 Å². The Morgan fingerprint density at radius 2 is 2.00 bits per heavy atom. The molecule has 0 spiro atoms. The van der Waals surface area contributed by atoms with Gasteiger partial charge in [-0.25, -0.2) is 4.98 Å². The van der Waals surface area contributed by atoms with Crippen LogP contribution in [0.25, 0.3) is 9.88 Å². The molecular weight excluding hydrogens is 433 g/mol. The molecule has 2 bridgehead atoms. The van der Waals surface area contributed by atoms with Gasteiger partial charge in [0, 0.05) is 30.6 Å². The van der Waals surface area contributed by atoms with Crippen LogP contribution in [0.4, 0.5) is 0 Å². The molecule has 2 fully saturated rings. The van der Waals surface area contributed by atoms with Gasteiger partial charge < -0.3 is 10.2 Å². The van der Waals surface area contributed by atoms with E-state index in [-0.39, 0.29) is 30.7 Å². The summed E-state index contributed by atoms with van der Waals surface area (Å²) in [5.41, 5.74) is 0.855. The monoisotopic (exact) mass is 453 g/mol. The summed E-state index contributed by atoms with van der Waals surface area (Å²) in [6, 6.07) is 5.42. The van der Waals surface area contributed by atoms with Crippen molar-refractivity contribution >= 4 is 65.0 Å². The number of piperidine rings is 1. The molecule has 0 aromatic carbocycles. The van der Waals surface area contributed by atoms with E-state index in [1.165, 1.54) is 24.2 Å². The molecule has 2 atom stereocenters. The molecule has 144 valence electrons. The molecule has 1 N–H and O–H groups in total. The number of thiazole rings is 1. The topological polar surface area (TPSA) is 45.2 Å². The number of likely N-dealkylation sites (N-methyl/N-ethyl adjacent to an activating group) is 1.